The lowest BCUT2D eigenvalue weighted by Gasteiger charge is -2.31. The minimum atomic E-state index is -0.554. The van der Waals surface area contributed by atoms with Crippen molar-refractivity contribution in [2.75, 3.05) is 6.61 Å². The van der Waals surface area contributed by atoms with Crippen LogP contribution in [-0.2, 0) is 23.8 Å². The summed E-state index contributed by atoms with van der Waals surface area (Å²) in [5, 5.41) is 0. The van der Waals surface area contributed by atoms with Gasteiger partial charge >= 0.3 is 11.9 Å². The van der Waals surface area contributed by atoms with Crippen LogP contribution >= 0.6 is 11.8 Å². The molecule has 1 aliphatic rings. The molecule has 1 heterocycles. The number of carbonyl (C=O) groups excluding carboxylic acids is 2. The van der Waals surface area contributed by atoms with Crippen LogP contribution in [0.25, 0.3) is 0 Å². The number of hydrogen-bond acceptors (Lipinski definition) is 6. The van der Waals surface area contributed by atoms with Gasteiger partial charge in [0.1, 0.15) is 24.3 Å². The highest BCUT2D eigenvalue weighted by atomic mass is 32.2. The van der Waals surface area contributed by atoms with Crippen molar-refractivity contribution in [1.82, 2.24) is 0 Å². The van der Waals surface area contributed by atoms with Crippen molar-refractivity contribution < 1.29 is 23.8 Å². The average Bonchev–Trinajstić information content (AvgIpc) is 2.49. The Balaban J connectivity index is 2.03. The summed E-state index contributed by atoms with van der Waals surface area (Å²) in [6, 6.07) is 8.12. The van der Waals surface area contributed by atoms with Crippen molar-refractivity contribution in [1.29, 1.82) is 0 Å². The van der Waals surface area contributed by atoms with Gasteiger partial charge < -0.3 is 14.2 Å². The van der Waals surface area contributed by atoms with Crippen LogP contribution < -0.4 is 0 Å². The third kappa shape index (κ3) is 5.73. The molecule has 0 fully saturated rings. The molecule has 0 saturated carbocycles. The van der Waals surface area contributed by atoms with E-state index in [1.807, 2.05) is 37.3 Å². The second-order valence-corrected chi connectivity index (χ2v) is 6.41. The smallest absolute Gasteiger partial charge is 0.303 e. The van der Waals surface area contributed by atoms with Gasteiger partial charge in [0.05, 0.1) is 0 Å². The number of thioether (sulfide) groups is 1. The molecule has 0 spiro atoms. The van der Waals surface area contributed by atoms with Crippen LogP contribution in [0.4, 0.5) is 0 Å². The Hall–Kier alpha value is -1.79. The fourth-order valence-electron chi connectivity index (χ4n) is 2.08. The summed E-state index contributed by atoms with van der Waals surface area (Å²) in [4.78, 5) is 23.3. The van der Waals surface area contributed by atoms with Crippen LogP contribution in [0.2, 0.25) is 0 Å². The van der Waals surface area contributed by atoms with E-state index in [9.17, 15) is 9.59 Å². The van der Waals surface area contributed by atoms with E-state index in [0.29, 0.717) is 0 Å². The topological polar surface area (TPSA) is 61.8 Å². The molecule has 1 aromatic carbocycles. The van der Waals surface area contributed by atoms with Crippen molar-refractivity contribution in [2.24, 2.45) is 0 Å². The quantitative estimate of drug-likeness (QED) is 0.609. The molecule has 0 aliphatic carbocycles. The van der Waals surface area contributed by atoms with Gasteiger partial charge in [-0.2, -0.15) is 0 Å². The molecular weight excluding hydrogens is 316 g/mol. The summed E-state index contributed by atoms with van der Waals surface area (Å²) < 4.78 is 16.1. The summed E-state index contributed by atoms with van der Waals surface area (Å²) >= 11 is 1.54. The second kappa shape index (κ2) is 8.17. The highest BCUT2D eigenvalue weighted by Crippen LogP contribution is 2.30. The van der Waals surface area contributed by atoms with E-state index in [4.69, 9.17) is 14.2 Å². The zero-order chi connectivity index (χ0) is 16.8. The number of esters is 2. The van der Waals surface area contributed by atoms with Crippen LogP contribution in [0, 0.1) is 6.92 Å². The maximum absolute atomic E-state index is 11.2. The molecule has 3 atom stereocenters. The Morgan fingerprint density at radius 1 is 1.13 bits per heavy atom. The highest BCUT2D eigenvalue weighted by Gasteiger charge is 2.31. The normalized spacial score (nSPS) is 23.3. The van der Waals surface area contributed by atoms with Gasteiger partial charge in [-0.05, 0) is 31.2 Å². The van der Waals surface area contributed by atoms with Crippen LogP contribution in [0.3, 0.4) is 0 Å². The van der Waals surface area contributed by atoms with Crippen molar-refractivity contribution in [2.45, 2.75) is 43.3 Å². The fraction of sp³-hybridized carbons (Fsp3) is 0.412. The third-order valence-corrected chi connectivity index (χ3v) is 4.20. The summed E-state index contributed by atoms with van der Waals surface area (Å²) in [6.07, 6.45) is 2.56. The molecule has 0 amide bonds. The molecule has 0 bridgehead atoms. The average molecular weight is 336 g/mol. The van der Waals surface area contributed by atoms with Crippen molar-refractivity contribution in [3.05, 3.63) is 42.0 Å². The van der Waals surface area contributed by atoms with Gasteiger partial charge in [-0.25, -0.2) is 0 Å². The van der Waals surface area contributed by atoms with E-state index in [0.717, 1.165) is 4.90 Å². The van der Waals surface area contributed by atoms with Gasteiger partial charge in [-0.3, -0.25) is 9.59 Å². The molecule has 1 aromatic rings. The molecular formula is C17H20O5S. The summed E-state index contributed by atoms with van der Waals surface area (Å²) in [5.74, 6) is -0.798. The summed E-state index contributed by atoms with van der Waals surface area (Å²) in [6.45, 7) is 4.74. The monoisotopic (exact) mass is 336 g/mol. The minimum absolute atomic E-state index is 0.0442. The van der Waals surface area contributed by atoms with Crippen molar-refractivity contribution in [3.63, 3.8) is 0 Å². The Bertz CT molecular complexity index is 581. The predicted molar refractivity (Wildman–Crippen MR) is 87.0 cm³/mol. The first-order valence-corrected chi connectivity index (χ1v) is 8.19. The SMILES string of the molecule is CC(=O)OC[C@H]1OC(Sc2ccc(C)cc2)C=C[C@@H]1OC(C)=O. The molecule has 1 unspecified atom stereocenters. The first kappa shape index (κ1) is 17.6. The van der Waals surface area contributed by atoms with E-state index < -0.39 is 24.1 Å². The van der Waals surface area contributed by atoms with E-state index in [-0.39, 0.29) is 12.0 Å². The zero-order valence-corrected chi connectivity index (χ0v) is 14.2. The third-order valence-electron chi connectivity index (χ3n) is 3.16. The highest BCUT2D eigenvalue weighted by molar-refractivity contribution is 8.00. The zero-order valence-electron chi connectivity index (χ0n) is 13.4. The van der Waals surface area contributed by atoms with Crippen LogP contribution in [0.5, 0.6) is 0 Å². The predicted octanol–water partition coefficient (Wildman–Crippen LogP) is 2.86. The number of carbonyl (C=O) groups is 2. The molecule has 124 valence electrons. The van der Waals surface area contributed by atoms with Crippen LogP contribution in [0.1, 0.15) is 19.4 Å². The Morgan fingerprint density at radius 2 is 1.83 bits per heavy atom. The van der Waals surface area contributed by atoms with E-state index >= 15 is 0 Å². The van der Waals surface area contributed by atoms with Crippen LogP contribution in [-0.4, -0.2) is 36.2 Å². The number of aryl methyl sites for hydroxylation is 1. The van der Waals surface area contributed by atoms with Crippen molar-refractivity contribution in [3.8, 4) is 0 Å². The molecule has 0 saturated heterocycles. The molecule has 23 heavy (non-hydrogen) atoms. The van der Waals surface area contributed by atoms with Gasteiger partial charge in [0.15, 0.2) is 0 Å². The van der Waals surface area contributed by atoms with Crippen molar-refractivity contribution >= 4 is 23.7 Å². The molecule has 0 N–H and O–H groups in total. The van der Waals surface area contributed by atoms with Crippen LogP contribution in [0.15, 0.2) is 41.3 Å². The Kier molecular flexibility index (Phi) is 6.24. The molecule has 0 aromatic heterocycles. The summed E-state index contributed by atoms with van der Waals surface area (Å²) in [7, 11) is 0. The molecule has 6 heteroatoms. The van der Waals surface area contributed by atoms with Gasteiger partial charge in [0, 0.05) is 18.7 Å². The number of benzene rings is 1. The Labute approximate surface area is 140 Å². The lowest BCUT2D eigenvalue weighted by Crippen LogP contribution is -2.40. The Morgan fingerprint density at radius 3 is 2.43 bits per heavy atom. The van der Waals surface area contributed by atoms with Gasteiger partial charge in [0.25, 0.3) is 0 Å². The largest absolute Gasteiger partial charge is 0.463 e. The molecule has 1 aliphatic heterocycles. The standard InChI is InChI=1S/C17H20O5S/c1-11-4-6-14(7-5-11)23-17-9-8-15(21-13(3)19)16(22-17)10-20-12(2)18/h4-9,15-17H,10H2,1-3H3/t15-,16+,17?/m0/s1. The van der Waals surface area contributed by atoms with Gasteiger partial charge in [0.2, 0.25) is 0 Å². The van der Waals surface area contributed by atoms with Gasteiger partial charge in [-0.1, -0.05) is 29.5 Å². The number of hydrogen-bond donors (Lipinski definition) is 0. The number of ether oxygens (including phenoxy) is 3. The first-order valence-electron chi connectivity index (χ1n) is 7.32. The van der Waals surface area contributed by atoms with Gasteiger partial charge in [-0.15, -0.1) is 0 Å². The maximum Gasteiger partial charge on any atom is 0.303 e. The maximum atomic E-state index is 11.2. The lowest BCUT2D eigenvalue weighted by molar-refractivity contribution is -0.160. The number of rotatable bonds is 5. The molecule has 5 nitrogen and oxygen atoms in total. The first-order chi connectivity index (χ1) is 10.9. The van der Waals surface area contributed by atoms with E-state index in [2.05, 4.69) is 0 Å². The van der Waals surface area contributed by atoms with E-state index in [1.165, 1.54) is 19.4 Å². The summed E-state index contributed by atoms with van der Waals surface area (Å²) in [5.41, 5.74) is 0.960. The lowest BCUT2D eigenvalue weighted by atomic mass is 10.1. The minimum Gasteiger partial charge on any atom is -0.463 e. The fourth-order valence-corrected chi connectivity index (χ4v) is 3.01. The molecule has 2 rings (SSSR count). The second-order valence-electron chi connectivity index (χ2n) is 5.24. The molecule has 0 radical (unpaired) electrons. The van der Waals surface area contributed by atoms with E-state index in [1.54, 1.807) is 17.8 Å².